The summed E-state index contributed by atoms with van der Waals surface area (Å²) in [6, 6.07) is 9.75. The predicted octanol–water partition coefficient (Wildman–Crippen LogP) is 6.23. The van der Waals surface area contributed by atoms with Crippen molar-refractivity contribution in [3.05, 3.63) is 66.2 Å². The van der Waals surface area contributed by atoms with Gasteiger partial charge >= 0.3 is 0 Å². The van der Waals surface area contributed by atoms with Crippen molar-refractivity contribution in [3.8, 4) is 33.1 Å². The van der Waals surface area contributed by atoms with E-state index < -0.39 is 0 Å². The molecule has 7 rings (SSSR count). The van der Waals surface area contributed by atoms with Crippen LogP contribution in [0, 0.1) is 5.92 Å². The van der Waals surface area contributed by atoms with Gasteiger partial charge in [0, 0.05) is 45.1 Å². The summed E-state index contributed by atoms with van der Waals surface area (Å²) in [5, 5.41) is 12.6. The fraction of sp³-hybridized carbons (Fsp3) is 0.172. The van der Waals surface area contributed by atoms with Crippen molar-refractivity contribution in [1.29, 1.82) is 0 Å². The third-order valence-corrected chi connectivity index (χ3v) is 8.46. The zero-order valence-electron chi connectivity index (χ0n) is 21.0. The minimum absolute atomic E-state index is 0.0495. The van der Waals surface area contributed by atoms with Gasteiger partial charge in [0.15, 0.2) is 5.78 Å². The number of carbonyl (C=O) groups is 2. The van der Waals surface area contributed by atoms with Gasteiger partial charge in [-0.2, -0.15) is 5.10 Å². The van der Waals surface area contributed by atoms with Gasteiger partial charge in [0.25, 0.3) is 0 Å². The molecule has 1 amide bonds. The molecule has 0 aromatic carbocycles. The molecule has 1 aliphatic carbocycles. The topological polar surface area (TPSA) is 129 Å². The van der Waals surface area contributed by atoms with Crippen molar-refractivity contribution < 1.29 is 9.59 Å². The molecule has 0 saturated heterocycles. The lowest BCUT2D eigenvalue weighted by Crippen LogP contribution is -2.28. The Bertz CT molecular complexity index is 1900. The van der Waals surface area contributed by atoms with Gasteiger partial charge in [-0.3, -0.25) is 29.6 Å². The number of amides is 1. The summed E-state index contributed by atoms with van der Waals surface area (Å²) in [6.45, 7) is 1.58. The molecule has 0 radical (unpaired) electrons. The fourth-order valence-electron chi connectivity index (χ4n) is 4.89. The standard InChI is InChI=1S/C29H23N7O2S/c1-15(37)26-5-6-27(39-26)21-12-31-13-24-19(21)8-23(34-24)28-20-9-22(32-14-25(20)35-36-28)17-7-18(11-30-10-17)33-29(38)16-3-2-4-16/h5-14,16,34H,2-4H2,1H3,(H,33,38)(H,35,36). The maximum absolute atomic E-state index is 12.4. The van der Waals surface area contributed by atoms with E-state index in [-0.39, 0.29) is 17.6 Å². The molecule has 6 aromatic heterocycles. The SMILES string of the molecule is CC(=O)c1ccc(-c2cncc3[nH]c(-c4n[nH]c5cnc(-c6cncc(NC(=O)C7CCC7)c6)cc45)cc23)s1. The number of hydrogen-bond acceptors (Lipinski definition) is 7. The Labute approximate surface area is 226 Å². The van der Waals surface area contributed by atoms with Gasteiger partial charge in [-0.1, -0.05) is 6.42 Å². The van der Waals surface area contributed by atoms with Gasteiger partial charge in [0.2, 0.25) is 5.91 Å². The molecule has 0 unspecified atom stereocenters. The number of nitrogens with one attached hydrogen (secondary N) is 3. The van der Waals surface area contributed by atoms with Crippen molar-refractivity contribution in [1.82, 2.24) is 30.1 Å². The smallest absolute Gasteiger partial charge is 0.227 e. The molecule has 1 saturated carbocycles. The van der Waals surface area contributed by atoms with E-state index >= 15 is 0 Å². The molecule has 0 spiro atoms. The van der Waals surface area contributed by atoms with Crippen LogP contribution in [0.25, 0.3) is 54.9 Å². The molecule has 0 bridgehead atoms. The highest BCUT2D eigenvalue weighted by Gasteiger charge is 2.25. The number of hydrogen-bond donors (Lipinski definition) is 3. The van der Waals surface area contributed by atoms with E-state index in [9.17, 15) is 9.59 Å². The van der Waals surface area contributed by atoms with Crippen LogP contribution in [0.1, 0.15) is 35.9 Å². The molecule has 1 fully saturated rings. The minimum atomic E-state index is 0.0495. The van der Waals surface area contributed by atoms with Crippen LogP contribution < -0.4 is 5.32 Å². The number of pyridine rings is 3. The van der Waals surface area contributed by atoms with E-state index in [4.69, 9.17) is 0 Å². The number of Topliss-reactive ketones (excluding diaryl/α,β-unsaturated/α-hetero) is 1. The van der Waals surface area contributed by atoms with Crippen LogP contribution in [-0.4, -0.2) is 41.8 Å². The molecule has 3 N–H and O–H groups in total. The highest BCUT2D eigenvalue weighted by Crippen LogP contribution is 2.37. The molecule has 10 heteroatoms. The minimum Gasteiger partial charge on any atom is -0.352 e. The summed E-state index contributed by atoms with van der Waals surface area (Å²) in [7, 11) is 0. The summed E-state index contributed by atoms with van der Waals surface area (Å²) in [5.74, 6) is 0.197. The molecular weight excluding hydrogens is 510 g/mol. The molecular formula is C29H23N7O2S. The summed E-state index contributed by atoms with van der Waals surface area (Å²) in [4.78, 5) is 42.8. The van der Waals surface area contributed by atoms with Gasteiger partial charge in [-0.05, 0) is 50.1 Å². The summed E-state index contributed by atoms with van der Waals surface area (Å²) in [5.41, 5.74) is 6.43. The number of rotatable bonds is 6. The first-order chi connectivity index (χ1) is 19.0. The van der Waals surface area contributed by atoms with Crippen molar-refractivity contribution in [2.24, 2.45) is 5.92 Å². The lowest BCUT2D eigenvalue weighted by molar-refractivity contribution is -0.122. The first-order valence-corrected chi connectivity index (χ1v) is 13.5. The van der Waals surface area contributed by atoms with Crippen LogP contribution in [0.4, 0.5) is 5.69 Å². The predicted molar refractivity (Wildman–Crippen MR) is 151 cm³/mol. The molecule has 39 heavy (non-hydrogen) atoms. The first-order valence-electron chi connectivity index (χ1n) is 12.7. The number of carbonyl (C=O) groups excluding carboxylic acids is 2. The Morgan fingerprint density at radius 1 is 0.974 bits per heavy atom. The first kappa shape index (κ1) is 23.4. The zero-order valence-corrected chi connectivity index (χ0v) is 21.8. The highest BCUT2D eigenvalue weighted by atomic mass is 32.1. The lowest BCUT2D eigenvalue weighted by Gasteiger charge is -2.24. The third kappa shape index (κ3) is 4.18. The van der Waals surface area contributed by atoms with Crippen molar-refractivity contribution in [2.45, 2.75) is 26.2 Å². The van der Waals surface area contributed by atoms with Crippen LogP contribution in [0.5, 0.6) is 0 Å². The number of fused-ring (bicyclic) bond motifs is 2. The van der Waals surface area contributed by atoms with Gasteiger partial charge in [0.05, 0.1) is 51.6 Å². The molecule has 0 aliphatic heterocycles. The monoisotopic (exact) mass is 533 g/mol. The van der Waals surface area contributed by atoms with Crippen molar-refractivity contribution in [2.75, 3.05) is 5.32 Å². The molecule has 0 atom stereocenters. The number of H-pyrrole nitrogens is 2. The van der Waals surface area contributed by atoms with Crippen LogP contribution in [0.3, 0.4) is 0 Å². The molecule has 6 aromatic rings. The molecule has 6 heterocycles. The Kier molecular flexibility index (Phi) is 5.55. The molecule has 192 valence electrons. The van der Waals surface area contributed by atoms with E-state index in [2.05, 4.69) is 41.5 Å². The van der Waals surface area contributed by atoms with E-state index in [0.29, 0.717) is 5.69 Å². The Morgan fingerprint density at radius 3 is 2.64 bits per heavy atom. The van der Waals surface area contributed by atoms with E-state index in [0.717, 1.165) is 79.0 Å². The Hall–Kier alpha value is -4.70. The quantitative estimate of drug-likeness (QED) is 0.218. The summed E-state index contributed by atoms with van der Waals surface area (Å²) >= 11 is 1.46. The van der Waals surface area contributed by atoms with Crippen LogP contribution >= 0.6 is 11.3 Å². The Balaban J connectivity index is 1.25. The van der Waals surface area contributed by atoms with Crippen LogP contribution in [0.2, 0.25) is 0 Å². The average molecular weight is 534 g/mol. The normalized spacial score (nSPS) is 13.6. The zero-order chi connectivity index (χ0) is 26.5. The number of aromatic nitrogens is 6. The number of aromatic amines is 2. The lowest BCUT2D eigenvalue weighted by atomic mass is 9.85. The highest BCUT2D eigenvalue weighted by molar-refractivity contribution is 7.17. The number of nitrogens with zero attached hydrogens (tertiary/aromatic N) is 4. The second-order valence-electron chi connectivity index (χ2n) is 9.82. The van der Waals surface area contributed by atoms with Crippen LogP contribution in [0.15, 0.2) is 61.3 Å². The van der Waals surface area contributed by atoms with E-state index in [1.807, 2.05) is 30.5 Å². The van der Waals surface area contributed by atoms with Crippen LogP contribution in [-0.2, 0) is 4.79 Å². The maximum Gasteiger partial charge on any atom is 0.227 e. The van der Waals surface area contributed by atoms with Crippen molar-refractivity contribution >= 4 is 50.5 Å². The second kappa shape index (κ2) is 9.25. The Morgan fingerprint density at radius 2 is 1.85 bits per heavy atom. The largest absolute Gasteiger partial charge is 0.352 e. The second-order valence-corrected chi connectivity index (χ2v) is 10.9. The number of thiophene rings is 1. The van der Waals surface area contributed by atoms with Crippen molar-refractivity contribution in [3.63, 3.8) is 0 Å². The molecule has 9 nitrogen and oxygen atoms in total. The van der Waals surface area contributed by atoms with Gasteiger partial charge in [-0.15, -0.1) is 11.3 Å². The van der Waals surface area contributed by atoms with Gasteiger partial charge in [0.1, 0.15) is 5.69 Å². The van der Waals surface area contributed by atoms with Gasteiger partial charge in [-0.25, -0.2) is 0 Å². The van der Waals surface area contributed by atoms with E-state index in [1.54, 1.807) is 31.7 Å². The summed E-state index contributed by atoms with van der Waals surface area (Å²) < 4.78 is 0. The fourth-order valence-corrected chi connectivity index (χ4v) is 5.82. The number of anilines is 1. The van der Waals surface area contributed by atoms with Gasteiger partial charge < -0.3 is 10.3 Å². The average Bonchev–Trinajstić information content (AvgIpc) is 3.65. The third-order valence-electron chi connectivity index (χ3n) is 7.24. The summed E-state index contributed by atoms with van der Waals surface area (Å²) in [6.07, 6.45) is 11.8. The molecule has 1 aliphatic rings. The van der Waals surface area contributed by atoms with E-state index in [1.165, 1.54) is 11.3 Å². The number of ketones is 1. The maximum atomic E-state index is 12.4.